The number of hydrogen-bond donors (Lipinski definition) is 1. The minimum absolute atomic E-state index is 0.109. The number of rotatable bonds is 2. The summed E-state index contributed by atoms with van der Waals surface area (Å²) in [6, 6.07) is 10.1. The van der Waals surface area contributed by atoms with Gasteiger partial charge in [0.05, 0.1) is 0 Å². The van der Waals surface area contributed by atoms with Gasteiger partial charge in [0.25, 0.3) is 0 Å². The summed E-state index contributed by atoms with van der Waals surface area (Å²) in [5.74, 6) is 0.230. The van der Waals surface area contributed by atoms with Crippen molar-refractivity contribution in [1.82, 2.24) is 5.32 Å². The number of nitrogens with one attached hydrogen (secondary N) is 1. The molecule has 2 heteroatoms. The Morgan fingerprint density at radius 3 is 2.73 bits per heavy atom. The molecule has 1 aromatic carbocycles. The minimum atomic E-state index is 0.109. The highest BCUT2D eigenvalue weighted by molar-refractivity contribution is 5.81. The molecule has 1 amide bonds. The highest BCUT2D eigenvalue weighted by Crippen LogP contribution is 2.20. The van der Waals surface area contributed by atoms with Crippen LogP contribution in [0.4, 0.5) is 0 Å². The second-order valence-electron chi connectivity index (χ2n) is 4.02. The molecule has 0 radical (unpaired) electrons. The number of allylic oxidation sites excluding steroid dienone is 1. The summed E-state index contributed by atoms with van der Waals surface area (Å²) in [6.07, 6.45) is 2.66. The van der Waals surface area contributed by atoms with Crippen LogP contribution in [0.25, 0.3) is 0 Å². The number of carbonyl (C=O) groups excluding carboxylic acids is 1. The zero-order chi connectivity index (χ0) is 10.7. The SMILES string of the molecule is C=C1CCC(Cc2ccccc2)C(=O)N1. The average Bonchev–Trinajstić information content (AvgIpc) is 2.24. The molecular weight excluding hydrogens is 186 g/mol. The molecule has 0 aromatic heterocycles. The smallest absolute Gasteiger partial charge is 0.227 e. The summed E-state index contributed by atoms with van der Waals surface area (Å²) in [4.78, 5) is 11.6. The zero-order valence-corrected chi connectivity index (χ0v) is 8.70. The van der Waals surface area contributed by atoms with E-state index < -0.39 is 0 Å². The van der Waals surface area contributed by atoms with Crippen molar-refractivity contribution in [3.8, 4) is 0 Å². The fourth-order valence-electron chi connectivity index (χ4n) is 1.91. The number of carbonyl (C=O) groups is 1. The maximum absolute atomic E-state index is 11.6. The lowest BCUT2D eigenvalue weighted by atomic mass is 9.91. The average molecular weight is 201 g/mol. The van der Waals surface area contributed by atoms with Crippen molar-refractivity contribution >= 4 is 5.91 Å². The Hall–Kier alpha value is -1.57. The van der Waals surface area contributed by atoms with Gasteiger partial charge in [-0.3, -0.25) is 4.79 Å². The third-order valence-electron chi connectivity index (χ3n) is 2.79. The Morgan fingerprint density at radius 1 is 1.33 bits per heavy atom. The van der Waals surface area contributed by atoms with E-state index in [-0.39, 0.29) is 11.8 Å². The minimum Gasteiger partial charge on any atom is -0.330 e. The van der Waals surface area contributed by atoms with Gasteiger partial charge in [0.15, 0.2) is 0 Å². The van der Waals surface area contributed by atoms with E-state index in [4.69, 9.17) is 0 Å². The summed E-state index contributed by atoms with van der Waals surface area (Å²) in [6.45, 7) is 3.77. The normalized spacial score (nSPS) is 21.2. The van der Waals surface area contributed by atoms with Crippen molar-refractivity contribution in [3.05, 3.63) is 48.2 Å². The highest BCUT2D eigenvalue weighted by atomic mass is 16.1. The van der Waals surface area contributed by atoms with Gasteiger partial charge in [-0.1, -0.05) is 36.9 Å². The van der Waals surface area contributed by atoms with E-state index in [9.17, 15) is 4.79 Å². The van der Waals surface area contributed by atoms with E-state index in [1.54, 1.807) is 0 Å². The summed E-state index contributed by atoms with van der Waals surface area (Å²) in [7, 11) is 0. The van der Waals surface area contributed by atoms with Gasteiger partial charge in [0.1, 0.15) is 0 Å². The van der Waals surface area contributed by atoms with Crippen molar-refractivity contribution in [3.63, 3.8) is 0 Å². The molecule has 0 saturated carbocycles. The standard InChI is InChI=1S/C13H15NO/c1-10-7-8-12(13(15)14-10)9-11-5-3-2-4-6-11/h2-6,12H,1,7-9H2,(H,14,15). The molecule has 78 valence electrons. The van der Waals surface area contributed by atoms with Crippen molar-refractivity contribution < 1.29 is 4.79 Å². The number of hydrogen-bond acceptors (Lipinski definition) is 1. The van der Waals surface area contributed by atoms with Crippen molar-refractivity contribution in [2.45, 2.75) is 19.3 Å². The third-order valence-corrected chi connectivity index (χ3v) is 2.79. The lowest BCUT2D eigenvalue weighted by Crippen LogP contribution is -2.35. The third kappa shape index (κ3) is 2.46. The molecule has 0 spiro atoms. The maximum atomic E-state index is 11.6. The second-order valence-corrected chi connectivity index (χ2v) is 4.02. The van der Waals surface area contributed by atoms with Crippen molar-refractivity contribution in [2.75, 3.05) is 0 Å². The van der Waals surface area contributed by atoms with E-state index >= 15 is 0 Å². The first kappa shape index (κ1) is 9.97. The van der Waals surface area contributed by atoms with Crippen LogP contribution in [0.15, 0.2) is 42.6 Å². The first-order chi connectivity index (χ1) is 7.25. The van der Waals surface area contributed by atoms with Crippen LogP contribution in [0.2, 0.25) is 0 Å². The molecule has 1 aromatic rings. The molecule has 0 aliphatic carbocycles. The molecular formula is C13H15NO. The van der Waals surface area contributed by atoms with Gasteiger partial charge in [-0.2, -0.15) is 0 Å². The lowest BCUT2D eigenvalue weighted by molar-refractivity contribution is -0.125. The van der Waals surface area contributed by atoms with Crippen LogP contribution in [0.3, 0.4) is 0 Å². The van der Waals surface area contributed by atoms with Crippen LogP contribution in [-0.2, 0) is 11.2 Å². The summed E-state index contributed by atoms with van der Waals surface area (Å²) >= 11 is 0. The Labute approximate surface area is 90.0 Å². The Balaban J connectivity index is 2.01. The predicted molar refractivity (Wildman–Crippen MR) is 60.2 cm³/mol. The quantitative estimate of drug-likeness (QED) is 0.781. The van der Waals surface area contributed by atoms with Gasteiger partial charge < -0.3 is 5.32 Å². The van der Waals surface area contributed by atoms with Crippen LogP contribution in [0.5, 0.6) is 0 Å². The zero-order valence-electron chi connectivity index (χ0n) is 8.70. The molecule has 1 saturated heterocycles. The molecule has 1 fully saturated rings. The van der Waals surface area contributed by atoms with Crippen LogP contribution >= 0.6 is 0 Å². The molecule has 15 heavy (non-hydrogen) atoms. The van der Waals surface area contributed by atoms with Gasteiger partial charge >= 0.3 is 0 Å². The molecule has 2 nitrogen and oxygen atoms in total. The van der Waals surface area contributed by atoms with Gasteiger partial charge in [-0.15, -0.1) is 0 Å². The summed E-state index contributed by atoms with van der Waals surface area (Å²) < 4.78 is 0. The molecule has 1 N–H and O–H groups in total. The molecule has 1 aliphatic rings. The van der Waals surface area contributed by atoms with E-state index in [1.807, 2.05) is 18.2 Å². The fourth-order valence-corrected chi connectivity index (χ4v) is 1.91. The van der Waals surface area contributed by atoms with Crippen LogP contribution in [0, 0.1) is 5.92 Å². The monoisotopic (exact) mass is 201 g/mol. The molecule has 1 aliphatic heterocycles. The van der Waals surface area contributed by atoms with Crippen LogP contribution in [0.1, 0.15) is 18.4 Å². The molecule has 0 bridgehead atoms. The number of amides is 1. The van der Waals surface area contributed by atoms with E-state index in [0.29, 0.717) is 0 Å². The first-order valence-corrected chi connectivity index (χ1v) is 5.28. The van der Waals surface area contributed by atoms with Gasteiger partial charge in [0, 0.05) is 11.6 Å². The number of piperidine rings is 1. The summed E-state index contributed by atoms with van der Waals surface area (Å²) in [5.41, 5.74) is 2.08. The van der Waals surface area contributed by atoms with Gasteiger partial charge in [-0.05, 0) is 24.8 Å². The van der Waals surface area contributed by atoms with E-state index in [2.05, 4.69) is 24.0 Å². The largest absolute Gasteiger partial charge is 0.330 e. The van der Waals surface area contributed by atoms with Crippen molar-refractivity contribution in [2.24, 2.45) is 5.92 Å². The lowest BCUT2D eigenvalue weighted by Gasteiger charge is -2.23. The second kappa shape index (κ2) is 4.30. The van der Waals surface area contributed by atoms with Gasteiger partial charge in [0.2, 0.25) is 5.91 Å². The number of benzene rings is 1. The molecule has 1 atom stereocenters. The summed E-state index contributed by atoms with van der Waals surface area (Å²) in [5, 5.41) is 2.82. The fraction of sp³-hybridized carbons (Fsp3) is 0.308. The van der Waals surface area contributed by atoms with Crippen LogP contribution < -0.4 is 5.32 Å². The maximum Gasteiger partial charge on any atom is 0.227 e. The highest BCUT2D eigenvalue weighted by Gasteiger charge is 2.23. The van der Waals surface area contributed by atoms with Crippen LogP contribution in [-0.4, -0.2) is 5.91 Å². The van der Waals surface area contributed by atoms with E-state index in [1.165, 1.54) is 5.56 Å². The Kier molecular flexibility index (Phi) is 2.86. The molecule has 1 heterocycles. The Morgan fingerprint density at radius 2 is 2.07 bits per heavy atom. The first-order valence-electron chi connectivity index (χ1n) is 5.28. The van der Waals surface area contributed by atoms with Gasteiger partial charge in [-0.25, -0.2) is 0 Å². The Bertz CT molecular complexity index is 369. The topological polar surface area (TPSA) is 29.1 Å². The molecule has 2 rings (SSSR count). The molecule has 1 unspecified atom stereocenters. The predicted octanol–water partition coefficient (Wildman–Crippen LogP) is 2.27. The van der Waals surface area contributed by atoms with Crippen molar-refractivity contribution in [1.29, 1.82) is 0 Å². The van der Waals surface area contributed by atoms with E-state index in [0.717, 1.165) is 25.0 Å².